The number of carbonyl (C=O) groups excluding carboxylic acids is 1. The summed E-state index contributed by atoms with van der Waals surface area (Å²) >= 11 is 0. The summed E-state index contributed by atoms with van der Waals surface area (Å²) in [4.78, 5) is 13.5. The second kappa shape index (κ2) is 5.22. The standard InChI is InChI=1S/C17H17NO3/c1-11(2)18-16(19)14-10-6-9-13(15(14)21-17(18)20)12-7-4-3-5-8-12/h3-11,16,19H,1-2H3. The summed E-state index contributed by atoms with van der Waals surface area (Å²) in [5, 5.41) is 10.5. The maximum Gasteiger partial charge on any atom is 0.417 e. The molecule has 2 aromatic carbocycles. The molecule has 1 aliphatic rings. The van der Waals surface area contributed by atoms with Gasteiger partial charge in [0.2, 0.25) is 0 Å². The lowest BCUT2D eigenvalue weighted by molar-refractivity contribution is -0.0164. The number of carbonyl (C=O) groups is 1. The first-order valence-corrected chi connectivity index (χ1v) is 6.96. The van der Waals surface area contributed by atoms with Crippen molar-refractivity contribution in [2.75, 3.05) is 0 Å². The quantitative estimate of drug-likeness (QED) is 0.916. The van der Waals surface area contributed by atoms with Crippen LogP contribution in [0.1, 0.15) is 25.6 Å². The van der Waals surface area contributed by atoms with Gasteiger partial charge in [0.1, 0.15) is 5.75 Å². The van der Waals surface area contributed by atoms with E-state index in [9.17, 15) is 9.90 Å². The van der Waals surface area contributed by atoms with Crippen LogP contribution in [-0.4, -0.2) is 22.1 Å². The van der Waals surface area contributed by atoms with E-state index in [1.807, 2.05) is 56.3 Å². The number of amides is 1. The highest BCUT2D eigenvalue weighted by Crippen LogP contribution is 2.41. The van der Waals surface area contributed by atoms with Gasteiger partial charge in [0, 0.05) is 17.2 Å². The normalized spacial score (nSPS) is 17.6. The first-order chi connectivity index (χ1) is 10.1. The van der Waals surface area contributed by atoms with Gasteiger partial charge in [-0.2, -0.15) is 0 Å². The molecule has 1 N–H and O–H groups in total. The van der Waals surface area contributed by atoms with Gasteiger partial charge < -0.3 is 9.84 Å². The van der Waals surface area contributed by atoms with Crippen molar-refractivity contribution in [2.24, 2.45) is 0 Å². The van der Waals surface area contributed by atoms with Crippen molar-refractivity contribution in [3.8, 4) is 16.9 Å². The minimum atomic E-state index is -0.982. The third-order valence-corrected chi connectivity index (χ3v) is 3.63. The molecule has 0 fully saturated rings. The summed E-state index contributed by atoms with van der Waals surface area (Å²) in [5.74, 6) is 0.443. The molecule has 1 aliphatic heterocycles. The van der Waals surface area contributed by atoms with Crippen LogP contribution in [0.25, 0.3) is 11.1 Å². The van der Waals surface area contributed by atoms with E-state index in [1.54, 1.807) is 6.07 Å². The van der Waals surface area contributed by atoms with E-state index in [-0.39, 0.29) is 6.04 Å². The van der Waals surface area contributed by atoms with Gasteiger partial charge in [0.15, 0.2) is 6.23 Å². The Hall–Kier alpha value is -2.33. The number of ether oxygens (including phenoxy) is 1. The Morgan fingerprint density at radius 1 is 1.10 bits per heavy atom. The SMILES string of the molecule is CC(C)N1C(=O)Oc2c(-c3ccccc3)cccc2C1O. The third-order valence-electron chi connectivity index (χ3n) is 3.63. The highest BCUT2D eigenvalue weighted by molar-refractivity contribution is 5.81. The lowest BCUT2D eigenvalue weighted by Gasteiger charge is -2.36. The zero-order valence-electron chi connectivity index (χ0n) is 12.0. The Bertz CT molecular complexity index is 667. The number of hydrogen-bond donors (Lipinski definition) is 1. The van der Waals surface area contributed by atoms with Crippen LogP contribution >= 0.6 is 0 Å². The average molecular weight is 283 g/mol. The number of nitrogens with zero attached hydrogens (tertiary/aromatic N) is 1. The van der Waals surface area contributed by atoms with Gasteiger partial charge in [0.25, 0.3) is 0 Å². The van der Waals surface area contributed by atoms with Crippen molar-refractivity contribution < 1.29 is 14.6 Å². The van der Waals surface area contributed by atoms with E-state index in [2.05, 4.69) is 0 Å². The second-order valence-corrected chi connectivity index (χ2v) is 5.33. The van der Waals surface area contributed by atoms with Crippen LogP contribution in [-0.2, 0) is 0 Å². The molecule has 0 saturated carbocycles. The molecule has 108 valence electrons. The Balaban J connectivity index is 2.13. The van der Waals surface area contributed by atoms with Gasteiger partial charge in [0.05, 0.1) is 0 Å². The number of hydrogen-bond acceptors (Lipinski definition) is 3. The molecule has 1 amide bonds. The van der Waals surface area contributed by atoms with Gasteiger partial charge >= 0.3 is 6.09 Å². The first kappa shape index (κ1) is 13.6. The maximum absolute atomic E-state index is 12.1. The van der Waals surface area contributed by atoms with Crippen LogP contribution < -0.4 is 4.74 Å². The lowest BCUT2D eigenvalue weighted by atomic mass is 9.99. The Morgan fingerprint density at radius 3 is 2.48 bits per heavy atom. The van der Waals surface area contributed by atoms with Crippen molar-refractivity contribution in [3.63, 3.8) is 0 Å². The summed E-state index contributed by atoms with van der Waals surface area (Å²) in [5.41, 5.74) is 2.38. The van der Waals surface area contributed by atoms with Crippen molar-refractivity contribution in [2.45, 2.75) is 26.1 Å². The van der Waals surface area contributed by atoms with E-state index >= 15 is 0 Å². The summed E-state index contributed by atoms with van der Waals surface area (Å²) in [6.07, 6.45) is -1.50. The summed E-state index contributed by atoms with van der Waals surface area (Å²) in [7, 11) is 0. The average Bonchev–Trinajstić information content (AvgIpc) is 2.47. The lowest BCUT2D eigenvalue weighted by Crippen LogP contribution is -2.45. The summed E-state index contributed by atoms with van der Waals surface area (Å²) in [6.45, 7) is 3.69. The number of fused-ring (bicyclic) bond motifs is 1. The van der Waals surface area contributed by atoms with Gasteiger partial charge in [-0.05, 0) is 19.4 Å². The molecule has 3 rings (SSSR count). The minimum absolute atomic E-state index is 0.138. The highest BCUT2D eigenvalue weighted by Gasteiger charge is 2.36. The second-order valence-electron chi connectivity index (χ2n) is 5.33. The fourth-order valence-corrected chi connectivity index (χ4v) is 2.60. The van der Waals surface area contributed by atoms with Crippen molar-refractivity contribution in [1.82, 2.24) is 4.90 Å². The summed E-state index contributed by atoms with van der Waals surface area (Å²) in [6, 6.07) is 15.1. The van der Waals surface area contributed by atoms with Crippen LogP contribution in [0.4, 0.5) is 4.79 Å². The van der Waals surface area contributed by atoms with Gasteiger partial charge in [-0.15, -0.1) is 0 Å². The molecule has 2 aromatic rings. The molecule has 0 aliphatic carbocycles. The molecule has 0 bridgehead atoms. The van der Waals surface area contributed by atoms with Crippen molar-refractivity contribution in [3.05, 3.63) is 54.1 Å². The zero-order valence-corrected chi connectivity index (χ0v) is 12.0. The summed E-state index contributed by atoms with van der Waals surface area (Å²) < 4.78 is 5.49. The molecule has 0 aromatic heterocycles. The number of rotatable bonds is 2. The molecule has 4 heteroatoms. The van der Waals surface area contributed by atoms with E-state index in [4.69, 9.17) is 4.74 Å². The predicted octanol–water partition coefficient (Wildman–Crippen LogP) is 3.57. The number of aliphatic hydroxyl groups excluding tert-OH is 1. The maximum atomic E-state index is 12.1. The van der Waals surface area contributed by atoms with Crippen LogP contribution in [0.2, 0.25) is 0 Å². The molecule has 0 saturated heterocycles. The Morgan fingerprint density at radius 2 is 1.81 bits per heavy atom. The van der Waals surface area contributed by atoms with E-state index in [1.165, 1.54) is 4.90 Å². The Kier molecular flexibility index (Phi) is 3.39. The number of benzene rings is 2. The number of aliphatic hydroxyl groups is 1. The van der Waals surface area contributed by atoms with E-state index in [0.29, 0.717) is 11.3 Å². The molecule has 0 radical (unpaired) electrons. The highest BCUT2D eigenvalue weighted by atomic mass is 16.6. The topological polar surface area (TPSA) is 49.8 Å². The smallest absolute Gasteiger partial charge is 0.409 e. The van der Waals surface area contributed by atoms with E-state index < -0.39 is 12.3 Å². The monoisotopic (exact) mass is 283 g/mol. The van der Waals surface area contributed by atoms with Crippen LogP contribution in [0.3, 0.4) is 0 Å². The fourth-order valence-electron chi connectivity index (χ4n) is 2.60. The van der Waals surface area contributed by atoms with Crippen LogP contribution in [0.15, 0.2) is 48.5 Å². The molecule has 1 heterocycles. The van der Waals surface area contributed by atoms with Gasteiger partial charge in [-0.25, -0.2) is 4.79 Å². The first-order valence-electron chi connectivity index (χ1n) is 6.96. The van der Waals surface area contributed by atoms with Gasteiger partial charge in [-0.3, -0.25) is 4.90 Å². The van der Waals surface area contributed by atoms with Crippen LogP contribution in [0.5, 0.6) is 5.75 Å². The van der Waals surface area contributed by atoms with E-state index in [0.717, 1.165) is 11.1 Å². The minimum Gasteiger partial charge on any atom is -0.409 e. The van der Waals surface area contributed by atoms with Crippen molar-refractivity contribution >= 4 is 6.09 Å². The third kappa shape index (κ3) is 2.28. The molecular weight excluding hydrogens is 266 g/mol. The predicted molar refractivity (Wildman–Crippen MR) is 79.8 cm³/mol. The Labute approximate surface area is 123 Å². The molecule has 1 atom stereocenters. The van der Waals surface area contributed by atoms with Crippen LogP contribution in [0, 0.1) is 0 Å². The zero-order chi connectivity index (χ0) is 15.0. The largest absolute Gasteiger partial charge is 0.417 e. The fraction of sp³-hybridized carbons (Fsp3) is 0.235. The molecule has 1 unspecified atom stereocenters. The molecule has 0 spiro atoms. The molecule has 4 nitrogen and oxygen atoms in total. The molecular formula is C17H17NO3. The van der Waals surface area contributed by atoms with Crippen molar-refractivity contribution in [1.29, 1.82) is 0 Å². The number of para-hydroxylation sites is 1. The molecule has 21 heavy (non-hydrogen) atoms. The van der Waals surface area contributed by atoms with Gasteiger partial charge in [-0.1, -0.05) is 48.5 Å².